The van der Waals surface area contributed by atoms with Crippen molar-refractivity contribution >= 4 is 0 Å². The highest BCUT2D eigenvalue weighted by molar-refractivity contribution is 5.26. The summed E-state index contributed by atoms with van der Waals surface area (Å²) >= 11 is 0. The maximum absolute atomic E-state index is 5.29. The zero-order valence-electron chi connectivity index (χ0n) is 12.6. The predicted molar refractivity (Wildman–Crippen MR) is 81.0 cm³/mol. The third kappa shape index (κ3) is 3.20. The molecule has 2 aromatic heterocycles. The van der Waals surface area contributed by atoms with E-state index in [1.165, 1.54) is 5.56 Å². The first-order valence-corrected chi connectivity index (χ1v) is 6.96. The first kappa shape index (κ1) is 14.6. The molecule has 0 saturated heterocycles. The van der Waals surface area contributed by atoms with E-state index < -0.39 is 0 Å². The van der Waals surface area contributed by atoms with Crippen molar-refractivity contribution in [2.45, 2.75) is 26.4 Å². The molecular formula is C16H23N3O. The SMILES string of the molecule is CNC(c1ccn(Cc2cccnc2OC)c1)C(C)C. The molecule has 0 aliphatic heterocycles. The summed E-state index contributed by atoms with van der Waals surface area (Å²) in [5, 5.41) is 3.37. The Balaban J connectivity index is 2.17. The van der Waals surface area contributed by atoms with Crippen LogP contribution >= 0.6 is 0 Å². The minimum absolute atomic E-state index is 0.382. The third-order valence-electron chi connectivity index (χ3n) is 3.51. The Hall–Kier alpha value is -1.81. The molecule has 4 heteroatoms. The molecule has 0 amide bonds. The van der Waals surface area contributed by atoms with Crippen molar-refractivity contribution in [2.24, 2.45) is 5.92 Å². The lowest BCUT2D eigenvalue weighted by Crippen LogP contribution is -2.21. The summed E-state index contributed by atoms with van der Waals surface area (Å²) in [4.78, 5) is 4.23. The number of ether oxygens (including phenoxy) is 1. The van der Waals surface area contributed by atoms with Crippen LogP contribution in [-0.4, -0.2) is 23.7 Å². The quantitative estimate of drug-likeness (QED) is 0.879. The van der Waals surface area contributed by atoms with Gasteiger partial charge in [-0.1, -0.05) is 19.9 Å². The average molecular weight is 273 g/mol. The fourth-order valence-electron chi connectivity index (χ4n) is 2.55. The Kier molecular flexibility index (Phi) is 4.79. The van der Waals surface area contributed by atoms with Gasteiger partial charge in [-0.2, -0.15) is 0 Å². The van der Waals surface area contributed by atoms with E-state index >= 15 is 0 Å². The molecule has 2 rings (SSSR count). The highest BCUT2D eigenvalue weighted by Gasteiger charge is 2.14. The van der Waals surface area contributed by atoms with Crippen LogP contribution in [0.4, 0.5) is 0 Å². The van der Waals surface area contributed by atoms with E-state index in [1.54, 1.807) is 13.3 Å². The van der Waals surface area contributed by atoms with Crippen LogP contribution in [0.25, 0.3) is 0 Å². The van der Waals surface area contributed by atoms with E-state index in [9.17, 15) is 0 Å². The topological polar surface area (TPSA) is 39.1 Å². The van der Waals surface area contributed by atoms with Gasteiger partial charge >= 0.3 is 0 Å². The monoisotopic (exact) mass is 273 g/mol. The smallest absolute Gasteiger partial charge is 0.218 e. The molecule has 1 atom stereocenters. The molecule has 0 saturated carbocycles. The minimum Gasteiger partial charge on any atom is -0.481 e. The zero-order valence-corrected chi connectivity index (χ0v) is 12.6. The summed E-state index contributed by atoms with van der Waals surface area (Å²) in [6.07, 6.45) is 6.04. The normalized spacial score (nSPS) is 12.7. The van der Waals surface area contributed by atoms with Crippen molar-refractivity contribution in [2.75, 3.05) is 14.2 Å². The average Bonchev–Trinajstić information content (AvgIpc) is 2.88. The van der Waals surface area contributed by atoms with Gasteiger partial charge in [0.15, 0.2) is 0 Å². The fourth-order valence-corrected chi connectivity index (χ4v) is 2.55. The molecule has 0 bridgehead atoms. The third-order valence-corrected chi connectivity index (χ3v) is 3.51. The van der Waals surface area contributed by atoms with Crippen LogP contribution in [0.3, 0.4) is 0 Å². The number of hydrogen-bond donors (Lipinski definition) is 1. The Morgan fingerprint density at radius 1 is 1.35 bits per heavy atom. The summed E-state index contributed by atoms with van der Waals surface area (Å²) in [7, 11) is 3.66. The van der Waals surface area contributed by atoms with Crippen LogP contribution in [0.15, 0.2) is 36.8 Å². The van der Waals surface area contributed by atoms with Crippen molar-refractivity contribution in [3.63, 3.8) is 0 Å². The molecule has 0 aliphatic rings. The molecule has 0 spiro atoms. The summed E-state index contributed by atoms with van der Waals surface area (Å²) in [5.41, 5.74) is 2.40. The second-order valence-corrected chi connectivity index (χ2v) is 5.30. The van der Waals surface area contributed by atoms with Gasteiger partial charge in [-0.3, -0.25) is 0 Å². The summed E-state index contributed by atoms with van der Waals surface area (Å²) in [6, 6.07) is 6.53. The van der Waals surface area contributed by atoms with Gasteiger partial charge in [0.25, 0.3) is 0 Å². The Labute approximate surface area is 120 Å². The van der Waals surface area contributed by atoms with Crippen LogP contribution < -0.4 is 10.1 Å². The first-order valence-electron chi connectivity index (χ1n) is 6.96. The van der Waals surface area contributed by atoms with Gasteiger partial charge in [0.05, 0.1) is 13.7 Å². The lowest BCUT2D eigenvalue weighted by molar-refractivity contribution is 0.391. The van der Waals surface area contributed by atoms with E-state index in [2.05, 4.69) is 47.2 Å². The Morgan fingerprint density at radius 3 is 2.80 bits per heavy atom. The Morgan fingerprint density at radius 2 is 2.15 bits per heavy atom. The number of rotatable bonds is 6. The fraction of sp³-hybridized carbons (Fsp3) is 0.438. The summed E-state index contributed by atoms with van der Waals surface area (Å²) in [6.45, 7) is 5.22. The second-order valence-electron chi connectivity index (χ2n) is 5.30. The number of methoxy groups -OCH3 is 1. The van der Waals surface area contributed by atoms with Crippen molar-refractivity contribution in [1.82, 2.24) is 14.9 Å². The molecule has 0 aromatic carbocycles. The number of nitrogens with zero attached hydrogens (tertiary/aromatic N) is 2. The Bertz CT molecular complexity index is 548. The molecule has 2 aromatic rings. The molecule has 0 fully saturated rings. The molecule has 1 unspecified atom stereocenters. The highest BCUT2D eigenvalue weighted by Crippen LogP contribution is 2.22. The molecule has 4 nitrogen and oxygen atoms in total. The van der Waals surface area contributed by atoms with Gasteiger partial charge < -0.3 is 14.6 Å². The molecule has 108 valence electrons. The maximum atomic E-state index is 5.29. The second kappa shape index (κ2) is 6.57. The number of nitrogens with one attached hydrogen (secondary N) is 1. The standard InChI is InChI=1S/C16H23N3O/c1-12(2)15(17-3)13-7-9-19(10-13)11-14-6-5-8-18-16(14)20-4/h5-10,12,15,17H,11H2,1-4H3. The minimum atomic E-state index is 0.382. The first-order chi connectivity index (χ1) is 9.65. The van der Waals surface area contributed by atoms with Gasteiger partial charge in [0.2, 0.25) is 5.88 Å². The van der Waals surface area contributed by atoms with Crippen molar-refractivity contribution in [1.29, 1.82) is 0 Å². The molecule has 2 heterocycles. The largest absolute Gasteiger partial charge is 0.481 e. The van der Waals surface area contributed by atoms with E-state index in [-0.39, 0.29) is 0 Å². The summed E-state index contributed by atoms with van der Waals surface area (Å²) < 4.78 is 7.46. The molecule has 20 heavy (non-hydrogen) atoms. The molecule has 1 N–H and O–H groups in total. The van der Waals surface area contributed by atoms with E-state index in [1.807, 2.05) is 19.2 Å². The lowest BCUT2D eigenvalue weighted by atomic mass is 9.99. The molecule has 0 aliphatic carbocycles. The number of hydrogen-bond acceptors (Lipinski definition) is 3. The highest BCUT2D eigenvalue weighted by atomic mass is 16.5. The van der Waals surface area contributed by atoms with Crippen LogP contribution in [0, 0.1) is 5.92 Å². The van der Waals surface area contributed by atoms with Crippen molar-refractivity contribution in [3.8, 4) is 5.88 Å². The van der Waals surface area contributed by atoms with Crippen molar-refractivity contribution < 1.29 is 4.74 Å². The van der Waals surface area contributed by atoms with Crippen LogP contribution in [0.2, 0.25) is 0 Å². The van der Waals surface area contributed by atoms with Crippen LogP contribution in [0.5, 0.6) is 5.88 Å². The van der Waals surface area contributed by atoms with Crippen LogP contribution in [0.1, 0.15) is 31.0 Å². The van der Waals surface area contributed by atoms with Gasteiger partial charge in [-0.25, -0.2) is 4.98 Å². The maximum Gasteiger partial charge on any atom is 0.218 e. The lowest BCUT2D eigenvalue weighted by Gasteiger charge is -2.18. The van der Waals surface area contributed by atoms with Gasteiger partial charge in [-0.15, -0.1) is 0 Å². The van der Waals surface area contributed by atoms with E-state index in [4.69, 9.17) is 4.74 Å². The number of pyridine rings is 1. The van der Waals surface area contributed by atoms with Gasteiger partial charge in [0.1, 0.15) is 0 Å². The van der Waals surface area contributed by atoms with Gasteiger partial charge in [-0.05, 0) is 30.7 Å². The number of aromatic nitrogens is 2. The molecule has 0 radical (unpaired) electrons. The predicted octanol–water partition coefficient (Wildman–Crippen LogP) is 2.86. The van der Waals surface area contributed by atoms with E-state index in [0.717, 1.165) is 12.1 Å². The zero-order chi connectivity index (χ0) is 14.5. The molecular weight excluding hydrogens is 250 g/mol. The van der Waals surface area contributed by atoms with Crippen molar-refractivity contribution in [3.05, 3.63) is 47.9 Å². The van der Waals surface area contributed by atoms with Crippen LogP contribution in [-0.2, 0) is 6.54 Å². The summed E-state index contributed by atoms with van der Waals surface area (Å²) in [5.74, 6) is 1.25. The van der Waals surface area contributed by atoms with E-state index in [0.29, 0.717) is 17.8 Å². The van der Waals surface area contributed by atoms with Gasteiger partial charge in [0, 0.05) is 30.2 Å².